The maximum atomic E-state index is 11.8. The van der Waals surface area contributed by atoms with Crippen LogP contribution in [0.1, 0.15) is 41.0 Å². The Labute approximate surface area is 122 Å². The summed E-state index contributed by atoms with van der Waals surface area (Å²) in [7, 11) is -3.88. The molecule has 1 aromatic carbocycles. The molecule has 1 aromatic rings. The molecule has 0 bridgehead atoms. The van der Waals surface area contributed by atoms with Gasteiger partial charge in [0, 0.05) is 5.41 Å². The molecule has 0 aliphatic carbocycles. The van der Waals surface area contributed by atoms with Crippen LogP contribution in [0.3, 0.4) is 0 Å². The molecule has 1 amide bonds. The van der Waals surface area contributed by atoms with Crippen molar-refractivity contribution in [3.8, 4) is 0 Å². The highest BCUT2D eigenvalue weighted by molar-refractivity contribution is 7.91. The van der Waals surface area contributed by atoms with Gasteiger partial charge in [0.05, 0.1) is 5.69 Å². The van der Waals surface area contributed by atoms with Gasteiger partial charge in [-0.15, -0.1) is 0 Å². The minimum Gasteiger partial charge on any atom is -0.273 e. The van der Waals surface area contributed by atoms with Crippen LogP contribution in [-0.4, -0.2) is 14.3 Å². The first kappa shape index (κ1) is 18.4. The smallest absolute Gasteiger partial charge is 0.273 e. The second kappa shape index (κ2) is 7.89. The summed E-state index contributed by atoms with van der Waals surface area (Å²) < 4.78 is 27.8. The van der Waals surface area contributed by atoms with Crippen LogP contribution in [0.2, 0.25) is 0 Å². The molecule has 0 heterocycles. The summed E-state index contributed by atoms with van der Waals surface area (Å²) >= 11 is 0. The molecule has 0 saturated carbocycles. The Morgan fingerprint density at radius 1 is 1.15 bits per heavy atom. The average molecular weight is 300 g/mol. The number of carbonyl (C=O) groups excluding carboxylic acids is 1. The highest BCUT2D eigenvalue weighted by Crippen LogP contribution is 2.20. The maximum absolute atomic E-state index is 11.8. The van der Waals surface area contributed by atoms with Crippen LogP contribution in [-0.2, 0) is 15.0 Å². The van der Waals surface area contributed by atoms with Gasteiger partial charge in [-0.1, -0.05) is 52.8 Å². The Morgan fingerprint density at radius 2 is 1.65 bits per heavy atom. The lowest BCUT2D eigenvalue weighted by atomic mass is 9.90. The minimum absolute atomic E-state index is 0.409. The molecule has 0 saturated heterocycles. The molecule has 5 nitrogen and oxygen atoms in total. The van der Waals surface area contributed by atoms with Crippen LogP contribution < -0.4 is 9.44 Å². The Morgan fingerprint density at radius 3 is 2.10 bits per heavy atom. The van der Waals surface area contributed by atoms with Crippen molar-refractivity contribution in [3.05, 3.63) is 30.3 Å². The van der Waals surface area contributed by atoms with Crippen molar-refractivity contribution >= 4 is 21.8 Å². The Kier molecular flexibility index (Phi) is 7.28. The lowest BCUT2D eigenvalue weighted by Crippen LogP contribution is -2.42. The first-order valence-electron chi connectivity index (χ1n) is 6.67. The third-order valence-electron chi connectivity index (χ3n) is 2.75. The number of amides is 1. The fourth-order valence-corrected chi connectivity index (χ4v) is 2.13. The third-order valence-corrected chi connectivity index (χ3v) is 3.71. The highest BCUT2D eigenvalue weighted by Gasteiger charge is 2.28. The molecular formula is C14H24N2O3S. The number of carbonyl (C=O) groups is 1. The van der Waals surface area contributed by atoms with Gasteiger partial charge in [0.1, 0.15) is 0 Å². The summed E-state index contributed by atoms with van der Waals surface area (Å²) in [6.07, 6.45) is 0.555. The van der Waals surface area contributed by atoms with E-state index in [9.17, 15) is 13.2 Å². The van der Waals surface area contributed by atoms with Crippen molar-refractivity contribution in [2.45, 2.75) is 41.0 Å². The van der Waals surface area contributed by atoms with Crippen molar-refractivity contribution in [1.29, 1.82) is 0 Å². The van der Waals surface area contributed by atoms with Crippen molar-refractivity contribution in [2.24, 2.45) is 5.41 Å². The molecule has 2 N–H and O–H groups in total. The predicted molar refractivity (Wildman–Crippen MR) is 82.5 cm³/mol. The molecular weight excluding hydrogens is 276 g/mol. The van der Waals surface area contributed by atoms with Crippen LogP contribution in [0, 0.1) is 5.41 Å². The zero-order chi connectivity index (χ0) is 15.8. The molecule has 6 heteroatoms. The van der Waals surface area contributed by atoms with Gasteiger partial charge in [0.2, 0.25) is 5.91 Å². The fraction of sp³-hybridized carbons (Fsp3) is 0.500. The summed E-state index contributed by atoms with van der Waals surface area (Å²) in [5.41, 5.74) is -0.307. The van der Waals surface area contributed by atoms with E-state index in [-0.39, 0.29) is 0 Å². The molecule has 0 aliphatic heterocycles. The quantitative estimate of drug-likeness (QED) is 0.878. The second-order valence-corrected chi connectivity index (χ2v) is 6.06. The van der Waals surface area contributed by atoms with E-state index in [0.717, 1.165) is 0 Å². The fourth-order valence-electron chi connectivity index (χ4n) is 1.11. The Balaban J connectivity index is 0.00000172. The van der Waals surface area contributed by atoms with E-state index in [1.54, 1.807) is 44.2 Å². The number of hydrogen-bond donors (Lipinski definition) is 2. The van der Waals surface area contributed by atoms with Crippen LogP contribution in [0.25, 0.3) is 0 Å². The van der Waals surface area contributed by atoms with Gasteiger partial charge in [0.15, 0.2) is 0 Å². The molecule has 0 atom stereocenters. The van der Waals surface area contributed by atoms with Crippen LogP contribution in [0.4, 0.5) is 5.69 Å². The van der Waals surface area contributed by atoms with E-state index in [0.29, 0.717) is 12.1 Å². The molecule has 0 radical (unpaired) electrons. The Bertz CT molecular complexity index is 510. The van der Waals surface area contributed by atoms with E-state index < -0.39 is 21.5 Å². The summed E-state index contributed by atoms with van der Waals surface area (Å²) in [4.78, 5) is 11.8. The van der Waals surface area contributed by atoms with E-state index in [1.807, 2.05) is 25.5 Å². The average Bonchev–Trinajstić information content (AvgIpc) is 2.41. The lowest BCUT2D eigenvalue weighted by Gasteiger charge is -2.21. The predicted octanol–water partition coefficient (Wildman–Crippen LogP) is 2.92. The number of nitrogens with one attached hydrogen (secondary N) is 2. The summed E-state index contributed by atoms with van der Waals surface area (Å²) in [6, 6.07) is 8.39. The zero-order valence-electron chi connectivity index (χ0n) is 12.7. The van der Waals surface area contributed by atoms with Crippen LogP contribution in [0.5, 0.6) is 0 Å². The maximum Gasteiger partial charge on any atom is 0.323 e. The minimum atomic E-state index is -3.88. The number of anilines is 1. The second-order valence-electron chi connectivity index (χ2n) is 4.64. The van der Waals surface area contributed by atoms with Gasteiger partial charge in [0.25, 0.3) is 0 Å². The monoisotopic (exact) mass is 300 g/mol. The van der Waals surface area contributed by atoms with E-state index in [4.69, 9.17) is 0 Å². The molecule has 0 aliphatic rings. The zero-order valence-corrected chi connectivity index (χ0v) is 13.5. The van der Waals surface area contributed by atoms with Crippen LogP contribution >= 0.6 is 0 Å². The van der Waals surface area contributed by atoms with Gasteiger partial charge >= 0.3 is 10.2 Å². The number of rotatable bonds is 5. The van der Waals surface area contributed by atoms with Gasteiger partial charge < -0.3 is 0 Å². The van der Waals surface area contributed by atoms with E-state index in [2.05, 4.69) is 4.72 Å². The highest BCUT2D eigenvalue weighted by atomic mass is 32.2. The van der Waals surface area contributed by atoms with E-state index >= 15 is 0 Å². The molecule has 0 spiro atoms. The molecule has 0 aromatic heterocycles. The molecule has 0 fully saturated rings. The lowest BCUT2D eigenvalue weighted by molar-refractivity contribution is -0.127. The van der Waals surface area contributed by atoms with Crippen molar-refractivity contribution in [1.82, 2.24) is 4.72 Å². The summed E-state index contributed by atoms with van der Waals surface area (Å²) in [6.45, 7) is 9.22. The first-order chi connectivity index (χ1) is 9.27. The van der Waals surface area contributed by atoms with Crippen molar-refractivity contribution in [2.75, 3.05) is 4.72 Å². The first-order valence-corrected chi connectivity index (χ1v) is 8.15. The van der Waals surface area contributed by atoms with Crippen molar-refractivity contribution in [3.63, 3.8) is 0 Å². The summed E-state index contributed by atoms with van der Waals surface area (Å²) in [5, 5.41) is 0. The number of benzene rings is 1. The SMILES string of the molecule is CC.CCC(C)(C)C(=O)NS(=O)(=O)Nc1ccccc1. The molecule has 114 valence electrons. The normalized spacial score (nSPS) is 11.1. The number of para-hydroxylation sites is 1. The standard InChI is InChI=1S/C12H18N2O3S.C2H6/c1-4-12(2,3)11(15)14-18(16,17)13-10-8-6-5-7-9-10;1-2/h5-9,13H,4H2,1-3H3,(H,14,15);1-2H3. The Hall–Kier alpha value is -1.56. The number of hydrogen-bond acceptors (Lipinski definition) is 3. The van der Waals surface area contributed by atoms with Gasteiger partial charge in [-0.3, -0.25) is 9.52 Å². The molecule has 20 heavy (non-hydrogen) atoms. The van der Waals surface area contributed by atoms with Gasteiger partial charge in [-0.2, -0.15) is 8.42 Å². The van der Waals surface area contributed by atoms with E-state index in [1.165, 1.54) is 0 Å². The van der Waals surface area contributed by atoms with Crippen molar-refractivity contribution < 1.29 is 13.2 Å². The van der Waals surface area contributed by atoms with Gasteiger partial charge in [-0.25, -0.2) is 4.72 Å². The largest absolute Gasteiger partial charge is 0.323 e. The topological polar surface area (TPSA) is 75.3 Å². The van der Waals surface area contributed by atoms with Gasteiger partial charge in [-0.05, 0) is 18.6 Å². The van der Waals surface area contributed by atoms with Crippen LogP contribution in [0.15, 0.2) is 30.3 Å². The molecule has 1 rings (SSSR count). The summed E-state index contributed by atoms with van der Waals surface area (Å²) in [5.74, 6) is -0.520. The molecule has 0 unspecified atom stereocenters. The third kappa shape index (κ3) is 6.06.